The summed E-state index contributed by atoms with van der Waals surface area (Å²) < 4.78 is 5.36. The van der Waals surface area contributed by atoms with Crippen LogP contribution in [0.15, 0.2) is 24.5 Å². The molecule has 1 aliphatic rings. The lowest BCUT2D eigenvalue weighted by molar-refractivity contribution is -0.139. The van der Waals surface area contributed by atoms with Gasteiger partial charge < -0.3 is 15.4 Å². The van der Waals surface area contributed by atoms with Crippen LogP contribution in [0.2, 0.25) is 0 Å². The van der Waals surface area contributed by atoms with Crippen molar-refractivity contribution in [2.45, 2.75) is 25.5 Å². The number of amides is 2. The number of carbonyl (C=O) groups excluding carboxylic acids is 2. The van der Waals surface area contributed by atoms with Gasteiger partial charge in [-0.05, 0) is 30.5 Å². The largest absolute Gasteiger partial charge is 0.376 e. The molecule has 0 saturated carbocycles. The van der Waals surface area contributed by atoms with E-state index in [0.717, 1.165) is 25.0 Å². The molecule has 0 bridgehead atoms. The van der Waals surface area contributed by atoms with Crippen molar-refractivity contribution in [1.29, 1.82) is 0 Å². The van der Waals surface area contributed by atoms with E-state index < -0.39 is 11.8 Å². The third-order valence-electron chi connectivity index (χ3n) is 2.92. The van der Waals surface area contributed by atoms with E-state index in [-0.39, 0.29) is 6.10 Å². The van der Waals surface area contributed by atoms with E-state index in [0.29, 0.717) is 13.1 Å². The average molecular weight is 263 g/mol. The van der Waals surface area contributed by atoms with Gasteiger partial charge in [0, 0.05) is 32.1 Å². The molecule has 0 spiro atoms. The molecule has 1 aliphatic heterocycles. The summed E-state index contributed by atoms with van der Waals surface area (Å²) >= 11 is 0. The second kappa shape index (κ2) is 6.84. The maximum atomic E-state index is 11.5. The zero-order valence-corrected chi connectivity index (χ0v) is 10.6. The van der Waals surface area contributed by atoms with Gasteiger partial charge >= 0.3 is 11.8 Å². The van der Waals surface area contributed by atoms with Crippen molar-refractivity contribution in [2.75, 3.05) is 13.2 Å². The van der Waals surface area contributed by atoms with Crippen LogP contribution in [0.4, 0.5) is 0 Å². The van der Waals surface area contributed by atoms with E-state index in [1.165, 1.54) is 0 Å². The van der Waals surface area contributed by atoms with Crippen molar-refractivity contribution in [2.24, 2.45) is 0 Å². The number of nitrogens with zero attached hydrogens (tertiary/aromatic N) is 1. The Labute approximate surface area is 111 Å². The maximum absolute atomic E-state index is 11.5. The number of carbonyl (C=O) groups is 2. The molecule has 19 heavy (non-hydrogen) atoms. The Morgan fingerprint density at radius 2 is 2.00 bits per heavy atom. The monoisotopic (exact) mass is 263 g/mol. The standard InChI is InChI=1S/C13H17N3O3/c17-12(15-8-10-3-5-14-6-4-10)13(18)16-9-11-2-1-7-19-11/h3-6,11H,1-2,7-9H2,(H,15,17)(H,16,18)/t11-/m0/s1. The molecule has 2 heterocycles. The summed E-state index contributed by atoms with van der Waals surface area (Å²) in [5.74, 6) is -1.25. The summed E-state index contributed by atoms with van der Waals surface area (Å²) in [5, 5.41) is 5.13. The van der Waals surface area contributed by atoms with Crippen LogP contribution in [-0.2, 0) is 20.9 Å². The number of pyridine rings is 1. The Kier molecular flexibility index (Phi) is 4.85. The molecule has 1 aromatic heterocycles. The van der Waals surface area contributed by atoms with E-state index in [1.54, 1.807) is 24.5 Å². The third-order valence-corrected chi connectivity index (χ3v) is 2.92. The van der Waals surface area contributed by atoms with E-state index in [1.807, 2.05) is 0 Å². The molecule has 1 saturated heterocycles. The summed E-state index contributed by atoms with van der Waals surface area (Å²) in [6.07, 6.45) is 5.25. The Morgan fingerprint density at radius 1 is 1.26 bits per heavy atom. The van der Waals surface area contributed by atoms with Gasteiger partial charge in [0.05, 0.1) is 6.10 Å². The van der Waals surface area contributed by atoms with Crippen LogP contribution < -0.4 is 10.6 Å². The lowest BCUT2D eigenvalue weighted by Gasteiger charge is -2.10. The normalized spacial score (nSPS) is 18.0. The van der Waals surface area contributed by atoms with Gasteiger partial charge in [-0.1, -0.05) is 0 Å². The molecule has 2 amide bonds. The van der Waals surface area contributed by atoms with Gasteiger partial charge in [0.2, 0.25) is 0 Å². The molecular weight excluding hydrogens is 246 g/mol. The van der Waals surface area contributed by atoms with Gasteiger partial charge in [-0.3, -0.25) is 14.6 Å². The van der Waals surface area contributed by atoms with E-state index in [4.69, 9.17) is 4.74 Å². The summed E-state index contributed by atoms with van der Waals surface area (Å²) in [7, 11) is 0. The molecule has 0 radical (unpaired) electrons. The number of aromatic nitrogens is 1. The molecule has 2 N–H and O–H groups in total. The summed E-state index contributed by atoms with van der Waals surface area (Å²) in [6.45, 7) is 1.44. The minimum Gasteiger partial charge on any atom is -0.376 e. The molecule has 0 aromatic carbocycles. The number of hydrogen-bond acceptors (Lipinski definition) is 4. The van der Waals surface area contributed by atoms with Gasteiger partial charge in [-0.2, -0.15) is 0 Å². The Balaban J connectivity index is 1.68. The van der Waals surface area contributed by atoms with Crippen LogP contribution in [0.5, 0.6) is 0 Å². The smallest absolute Gasteiger partial charge is 0.309 e. The molecule has 1 fully saturated rings. The Morgan fingerprint density at radius 3 is 2.68 bits per heavy atom. The van der Waals surface area contributed by atoms with Gasteiger partial charge in [-0.25, -0.2) is 0 Å². The predicted octanol–water partition coefficient (Wildman–Crippen LogP) is -0.00700. The predicted molar refractivity (Wildman–Crippen MR) is 68.1 cm³/mol. The highest BCUT2D eigenvalue weighted by atomic mass is 16.5. The van der Waals surface area contributed by atoms with Crippen molar-refractivity contribution >= 4 is 11.8 Å². The molecule has 1 aromatic rings. The SMILES string of the molecule is O=C(NCc1ccncc1)C(=O)NC[C@@H]1CCCO1. The first-order valence-electron chi connectivity index (χ1n) is 6.32. The number of rotatable bonds is 4. The van der Waals surface area contributed by atoms with Gasteiger partial charge in [-0.15, -0.1) is 0 Å². The first kappa shape index (κ1) is 13.5. The molecule has 2 rings (SSSR count). The number of ether oxygens (including phenoxy) is 1. The highest BCUT2D eigenvalue weighted by molar-refractivity contribution is 6.35. The van der Waals surface area contributed by atoms with Crippen LogP contribution in [0.1, 0.15) is 18.4 Å². The highest BCUT2D eigenvalue weighted by Crippen LogP contribution is 2.10. The van der Waals surface area contributed by atoms with Crippen LogP contribution in [0.25, 0.3) is 0 Å². The summed E-state index contributed by atoms with van der Waals surface area (Å²) in [6, 6.07) is 3.56. The molecule has 1 atom stereocenters. The quantitative estimate of drug-likeness (QED) is 0.749. The first-order chi connectivity index (χ1) is 9.25. The first-order valence-corrected chi connectivity index (χ1v) is 6.32. The van der Waals surface area contributed by atoms with Crippen molar-refractivity contribution in [3.8, 4) is 0 Å². The van der Waals surface area contributed by atoms with E-state index in [9.17, 15) is 9.59 Å². The Hall–Kier alpha value is -1.95. The van der Waals surface area contributed by atoms with Crippen LogP contribution in [0.3, 0.4) is 0 Å². The average Bonchev–Trinajstić information content (AvgIpc) is 2.96. The van der Waals surface area contributed by atoms with Gasteiger partial charge in [0.1, 0.15) is 0 Å². The van der Waals surface area contributed by atoms with Crippen LogP contribution >= 0.6 is 0 Å². The lowest BCUT2D eigenvalue weighted by Crippen LogP contribution is -2.42. The van der Waals surface area contributed by atoms with Gasteiger partial charge in [0.25, 0.3) is 0 Å². The minimum absolute atomic E-state index is 0.0388. The van der Waals surface area contributed by atoms with E-state index >= 15 is 0 Å². The van der Waals surface area contributed by atoms with Crippen molar-refractivity contribution in [1.82, 2.24) is 15.6 Å². The van der Waals surface area contributed by atoms with Crippen LogP contribution in [-0.4, -0.2) is 36.1 Å². The van der Waals surface area contributed by atoms with Crippen molar-refractivity contribution < 1.29 is 14.3 Å². The molecule has 102 valence electrons. The van der Waals surface area contributed by atoms with E-state index in [2.05, 4.69) is 15.6 Å². The van der Waals surface area contributed by atoms with Crippen molar-refractivity contribution in [3.05, 3.63) is 30.1 Å². The zero-order chi connectivity index (χ0) is 13.5. The minimum atomic E-state index is -0.630. The van der Waals surface area contributed by atoms with Gasteiger partial charge in [0.15, 0.2) is 0 Å². The molecular formula is C13H17N3O3. The fourth-order valence-electron chi connectivity index (χ4n) is 1.86. The molecule has 0 unspecified atom stereocenters. The van der Waals surface area contributed by atoms with Crippen molar-refractivity contribution in [3.63, 3.8) is 0 Å². The number of nitrogens with one attached hydrogen (secondary N) is 2. The second-order valence-corrected chi connectivity index (χ2v) is 4.38. The Bertz CT molecular complexity index is 430. The highest BCUT2D eigenvalue weighted by Gasteiger charge is 2.18. The fraction of sp³-hybridized carbons (Fsp3) is 0.462. The lowest BCUT2D eigenvalue weighted by atomic mass is 10.2. The molecule has 6 heteroatoms. The fourth-order valence-corrected chi connectivity index (χ4v) is 1.86. The maximum Gasteiger partial charge on any atom is 0.309 e. The summed E-state index contributed by atoms with van der Waals surface area (Å²) in [4.78, 5) is 26.9. The third kappa shape index (κ3) is 4.33. The second-order valence-electron chi connectivity index (χ2n) is 4.38. The zero-order valence-electron chi connectivity index (χ0n) is 10.6. The summed E-state index contributed by atoms with van der Waals surface area (Å²) in [5.41, 5.74) is 0.898. The molecule has 6 nitrogen and oxygen atoms in total. The number of hydrogen-bond donors (Lipinski definition) is 2. The van der Waals surface area contributed by atoms with Crippen LogP contribution in [0, 0.1) is 0 Å². The topological polar surface area (TPSA) is 80.3 Å². The molecule has 0 aliphatic carbocycles.